The van der Waals surface area contributed by atoms with Gasteiger partial charge in [0, 0.05) is 0 Å². The molecule has 0 unspecified atom stereocenters. The van der Waals surface area contributed by atoms with E-state index in [1.165, 1.54) is 19.3 Å². The molecular formula is C10H12FN. The predicted molar refractivity (Wildman–Crippen MR) is 47.4 cm³/mol. The Balaban J connectivity index is 2.27. The first-order chi connectivity index (χ1) is 5.77. The van der Waals surface area contributed by atoms with Crippen LogP contribution in [0.4, 0.5) is 10.1 Å². The average Bonchev–Trinajstić information content (AvgIpc) is 1.93. The molecule has 1 saturated carbocycles. The highest BCUT2D eigenvalue weighted by atomic mass is 19.1. The van der Waals surface area contributed by atoms with Crippen LogP contribution in [0.5, 0.6) is 0 Å². The van der Waals surface area contributed by atoms with Crippen molar-refractivity contribution >= 4 is 5.69 Å². The Morgan fingerprint density at radius 3 is 2.58 bits per heavy atom. The van der Waals surface area contributed by atoms with Crippen molar-refractivity contribution in [2.24, 2.45) is 0 Å². The monoisotopic (exact) mass is 165 g/mol. The highest BCUT2D eigenvalue weighted by Gasteiger charge is 2.19. The van der Waals surface area contributed by atoms with Crippen LogP contribution in [-0.4, -0.2) is 0 Å². The maximum atomic E-state index is 13.0. The smallest absolute Gasteiger partial charge is 0.146 e. The highest BCUT2D eigenvalue weighted by molar-refractivity contribution is 5.42. The first-order valence-electron chi connectivity index (χ1n) is 4.32. The molecule has 1 aliphatic rings. The summed E-state index contributed by atoms with van der Waals surface area (Å²) < 4.78 is 13.0. The minimum Gasteiger partial charge on any atom is -0.396 e. The van der Waals surface area contributed by atoms with Gasteiger partial charge in [0.15, 0.2) is 0 Å². The SMILES string of the molecule is Nc1ccc(C2CCC2)cc1F. The largest absolute Gasteiger partial charge is 0.396 e. The zero-order valence-corrected chi connectivity index (χ0v) is 6.89. The number of nitrogens with two attached hydrogens (primary N) is 1. The molecule has 0 aliphatic heterocycles. The van der Waals surface area contributed by atoms with E-state index in [0.29, 0.717) is 5.92 Å². The maximum Gasteiger partial charge on any atom is 0.146 e. The quantitative estimate of drug-likeness (QED) is 0.636. The maximum absolute atomic E-state index is 13.0. The van der Waals surface area contributed by atoms with E-state index in [4.69, 9.17) is 5.73 Å². The van der Waals surface area contributed by atoms with Crippen LogP contribution in [0.25, 0.3) is 0 Å². The molecule has 2 heteroatoms. The second-order valence-electron chi connectivity index (χ2n) is 3.41. The van der Waals surface area contributed by atoms with Crippen molar-refractivity contribution in [3.05, 3.63) is 29.6 Å². The fraction of sp³-hybridized carbons (Fsp3) is 0.400. The summed E-state index contributed by atoms with van der Waals surface area (Å²) in [5.74, 6) is 0.305. The van der Waals surface area contributed by atoms with Crippen molar-refractivity contribution < 1.29 is 4.39 Å². The molecule has 0 spiro atoms. The fourth-order valence-corrected chi connectivity index (χ4v) is 1.54. The first-order valence-corrected chi connectivity index (χ1v) is 4.32. The van der Waals surface area contributed by atoms with Crippen molar-refractivity contribution in [1.29, 1.82) is 0 Å². The number of nitrogen functional groups attached to an aromatic ring is 1. The standard InChI is InChI=1S/C10H12FN/c11-9-6-8(4-5-10(9)12)7-2-1-3-7/h4-7H,1-3,12H2. The Morgan fingerprint density at radius 2 is 2.08 bits per heavy atom. The number of benzene rings is 1. The lowest BCUT2D eigenvalue weighted by molar-refractivity contribution is 0.418. The zero-order chi connectivity index (χ0) is 8.55. The van der Waals surface area contributed by atoms with E-state index in [2.05, 4.69) is 0 Å². The molecular weight excluding hydrogens is 153 g/mol. The van der Waals surface area contributed by atoms with E-state index >= 15 is 0 Å². The van der Waals surface area contributed by atoms with Crippen molar-refractivity contribution in [3.8, 4) is 0 Å². The molecule has 0 aromatic heterocycles. The molecule has 1 fully saturated rings. The van der Waals surface area contributed by atoms with Crippen LogP contribution in [0.15, 0.2) is 18.2 Å². The number of hydrogen-bond acceptors (Lipinski definition) is 1. The van der Waals surface area contributed by atoms with E-state index in [0.717, 1.165) is 5.56 Å². The van der Waals surface area contributed by atoms with E-state index in [1.54, 1.807) is 12.1 Å². The van der Waals surface area contributed by atoms with Gasteiger partial charge in [0.2, 0.25) is 0 Å². The Bertz CT molecular complexity index is 292. The minimum atomic E-state index is -0.278. The molecule has 64 valence electrons. The van der Waals surface area contributed by atoms with Crippen LogP contribution in [-0.2, 0) is 0 Å². The van der Waals surface area contributed by atoms with Gasteiger partial charge in [-0.15, -0.1) is 0 Å². The lowest BCUT2D eigenvalue weighted by Gasteiger charge is -2.25. The number of rotatable bonds is 1. The van der Waals surface area contributed by atoms with Crippen LogP contribution in [0.3, 0.4) is 0 Å². The van der Waals surface area contributed by atoms with Crippen LogP contribution in [0.1, 0.15) is 30.7 Å². The van der Waals surface area contributed by atoms with Crippen LogP contribution in [0, 0.1) is 5.82 Å². The molecule has 0 atom stereocenters. The Kier molecular flexibility index (Phi) is 1.75. The number of hydrogen-bond donors (Lipinski definition) is 1. The summed E-state index contributed by atoms with van der Waals surface area (Å²) in [7, 11) is 0. The van der Waals surface area contributed by atoms with Gasteiger partial charge in [-0.2, -0.15) is 0 Å². The molecule has 1 aromatic carbocycles. The molecule has 0 heterocycles. The molecule has 12 heavy (non-hydrogen) atoms. The summed E-state index contributed by atoms with van der Waals surface area (Å²) in [6.45, 7) is 0. The van der Waals surface area contributed by atoms with E-state index < -0.39 is 0 Å². The molecule has 0 bridgehead atoms. The van der Waals surface area contributed by atoms with Crippen molar-refractivity contribution in [1.82, 2.24) is 0 Å². The molecule has 0 saturated heterocycles. The van der Waals surface area contributed by atoms with Crippen LogP contribution >= 0.6 is 0 Å². The van der Waals surface area contributed by atoms with Gasteiger partial charge in [-0.05, 0) is 36.5 Å². The zero-order valence-electron chi connectivity index (χ0n) is 6.89. The third-order valence-corrected chi connectivity index (χ3v) is 2.60. The molecule has 0 amide bonds. The van der Waals surface area contributed by atoms with Crippen LogP contribution in [0.2, 0.25) is 0 Å². The Labute approximate surface area is 71.4 Å². The second kappa shape index (κ2) is 2.77. The molecule has 1 nitrogen and oxygen atoms in total. The molecule has 2 rings (SSSR count). The molecule has 1 aromatic rings. The third-order valence-electron chi connectivity index (χ3n) is 2.60. The van der Waals surface area contributed by atoms with Crippen molar-refractivity contribution in [2.45, 2.75) is 25.2 Å². The minimum absolute atomic E-state index is 0.248. The lowest BCUT2D eigenvalue weighted by Crippen LogP contribution is -2.09. The van der Waals surface area contributed by atoms with Gasteiger partial charge in [0.05, 0.1) is 5.69 Å². The highest BCUT2D eigenvalue weighted by Crippen LogP contribution is 2.36. The van der Waals surface area contributed by atoms with Gasteiger partial charge < -0.3 is 5.73 Å². The van der Waals surface area contributed by atoms with Gasteiger partial charge in [-0.1, -0.05) is 12.5 Å². The van der Waals surface area contributed by atoms with Gasteiger partial charge in [-0.3, -0.25) is 0 Å². The Hall–Kier alpha value is -1.05. The van der Waals surface area contributed by atoms with Gasteiger partial charge in [0.25, 0.3) is 0 Å². The summed E-state index contributed by atoms with van der Waals surface area (Å²) in [6.07, 6.45) is 3.67. The Morgan fingerprint density at radius 1 is 1.33 bits per heavy atom. The summed E-state index contributed by atoms with van der Waals surface area (Å²) in [5, 5.41) is 0. The van der Waals surface area contributed by atoms with Crippen molar-refractivity contribution in [2.75, 3.05) is 5.73 Å². The van der Waals surface area contributed by atoms with E-state index in [9.17, 15) is 4.39 Å². The van der Waals surface area contributed by atoms with Gasteiger partial charge in [-0.25, -0.2) is 4.39 Å². The second-order valence-corrected chi connectivity index (χ2v) is 3.41. The third kappa shape index (κ3) is 1.17. The summed E-state index contributed by atoms with van der Waals surface area (Å²) in [4.78, 5) is 0. The van der Waals surface area contributed by atoms with Gasteiger partial charge in [0.1, 0.15) is 5.82 Å². The predicted octanol–water partition coefficient (Wildman–Crippen LogP) is 2.68. The summed E-state index contributed by atoms with van der Waals surface area (Å²) in [5.41, 5.74) is 6.73. The van der Waals surface area contributed by atoms with Crippen molar-refractivity contribution in [3.63, 3.8) is 0 Å². The first kappa shape index (κ1) is 7.59. The topological polar surface area (TPSA) is 26.0 Å². The summed E-state index contributed by atoms with van der Waals surface area (Å²) >= 11 is 0. The number of anilines is 1. The lowest BCUT2D eigenvalue weighted by atomic mass is 9.80. The molecule has 0 radical (unpaired) electrons. The normalized spacial score (nSPS) is 17.4. The fourth-order valence-electron chi connectivity index (χ4n) is 1.54. The van der Waals surface area contributed by atoms with Gasteiger partial charge >= 0.3 is 0 Å². The summed E-state index contributed by atoms with van der Waals surface area (Å²) in [6, 6.07) is 5.16. The number of halogens is 1. The van der Waals surface area contributed by atoms with E-state index in [-0.39, 0.29) is 11.5 Å². The molecule has 2 N–H and O–H groups in total. The van der Waals surface area contributed by atoms with E-state index in [1.807, 2.05) is 6.07 Å². The molecule has 1 aliphatic carbocycles. The van der Waals surface area contributed by atoms with Crippen LogP contribution < -0.4 is 5.73 Å². The average molecular weight is 165 g/mol.